The monoisotopic (exact) mass is 313 g/mol. The van der Waals surface area contributed by atoms with Crippen LogP contribution >= 0.6 is 0 Å². The summed E-state index contributed by atoms with van der Waals surface area (Å²) < 4.78 is 5.78. The molecule has 3 nitrogen and oxygen atoms in total. The van der Waals surface area contributed by atoms with E-state index in [9.17, 15) is 4.79 Å². The zero-order valence-corrected chi connectivity index (χ0v) is 14.2. The highest BCUT2D eigenvalue weighted by Gasteiger charge is 2.51. The number of rotatable bonds is 4. The van der Waals surface area contributed by atoms with Crippen molar-refractivity contribution in [2.24, 2.45) is 17.8 Å². The molecular formula is C20H27NO2. The van der Waals surface area contributed by atoms with Gasteiger partial charge in [-0.1, -0.05) is 12.1 Å². The second-order valence-electron chi connectivity index (χ2n) is 8.23. The molecule has 0 aliphatic heterocycles. The molecule has 1 N–H and O–H groups in total. The average Bonchev–Trinajstić information content (AvgIpc) is 2.47. The van der Waals surface area contributed by atoms with Crippen molar-refractivity contribution >= 4 is 5.91 Å². The topological polar surface area (TPSA) is 38.3 Å². The zero-order valence-electron chi connectivity index (χ0n) is 14.2. The Bertz CT molecular complexity index is 587. The van der Waals surface area contributed by atoms with E-state index < -0.39 is 0 Å². The van der Waals surface area contributed by atoms with E-state index in [2.05, 4.69) is 18.3 Å². The van der Waals surface area contributed by atoms with E-state index in [1.165, 1.54) is 44.1 Å². The number of aryl methyl sites for hydroxylation is 1. The predicted molar refractivity (Wildman–Crippen MR) is 90.5 cm³/mol. The van der Waals surface area contributed by atoms with Crippen LogP contribution in [0.15, 0.2) is 18.2 Å². The summed E-state index contributed by atoms with van der Waals surface area (Å²) in [5.74, 6) is 3.42. The Morgan fingerprint density at radius 3 is 2.35 bits per heavy atom. The molecule has 3 heteroatoms. The van der Waals surface area contributed by atoms with Gasteiger partial charge >= 0.3 is 0 Å². The lowest BCUT2D eigenvalue weighted by molar-refractivity contribution is -0.128. The van der Waals surface area contributed by atoms with Crippen molar-refractivity contribution in [2.75, 3.05) is 6.61 Å². The number of carbonyl (C=O) groups excluding carboxylic acids is 1. The molecule has 0 unspecified atom stereocenters. The molecule has 1 amide bonds. The molecule has 4 fully saturated rings. The van der Waals surface area contributed by atoms with Crippen LogP contribution in [0.2, 0.25) is 0 Å². The van der Waals surface area contributed by atoms with E-state index >= 15 is 0 Å². The highest BCUT2D eigenvalue weighted by atomic mass is 16.5. The van der Waals surface area contributed by atoms with Crippen LogP contribution in [0, 0.1) is 31.6 Å². The Morgan fingerprint density at radius 1 is 1.13 bits per heavy atom. The second kappa shape index (κ2) is 5.54. The Morgan fingerprint density at radius 2 is 1.74 bits per heavy atom. The minimum atomic E-state index is 0.0489. The molecule has 23 heavy (non-hydrogen) atoms. The third-order valence-electron chi connectivity index (χ3n) is 6.36. The van der Waals surface area contributed by atoms with Crippen LogP contribution in [0.25, 0.3) is 0 Å². The number of ether oxygens (including phenoxy) is 1. The van der Waals surface area contributed by atoms with Crippen LogP contribution in [0.5, 0.6) is 5.75 Å². The number of benzene rings is 1. The van der Waals surface area contributed by atoms with E-state index in [1.807, 2.05) is 19.1 Å². The third kappa shape index (κ3) is 2.86. The molecule has 0 saturated heterocycles. The summed E-state index contributed by atoms with van der Waals surface area (Å²) in [6, 6.07) is 5.99. The van der Waals surface area contributed by atoms with E-state index in [1.54, 1.807) is 0 Å². The van der Waals surface area contributed by atoms with Gasteiger partial charge in [0.1, 0.15) is 5.75 Å². The van der Waals surface area contributed by atoms with Gasteiger partial charge < -0.3 is 10.1 Å². The van der Waals surface area contributed by atoms with Gasteiger partial charge in [0.25, 0.3) is 5.91 Å². The Hall–Kier alpha value is -1.51. The van der Waals surface area contributed by atoms with Gasteiger partial charge in [-0.25, -0.2) is 0 Å². The maximum atomic E-state index is 12.5. The lowest BCUT2D eigenvalue weighted by Crippen LogP contribution is -2.60. The molecule has 0 atom stereocenters. The van der Waals surface area contributed by atoms with E-state index in [0.717, 1.165) is 29.1 Å². The van der Waals surface area contributed by atoms with Crippen molar-refractivity contribution in [1.29, 1.82) is 0 Å². The Kier molecular flexibility index (Phi) is 3.62. The summed E-state index contributed by atoms with van der Waals surface area (Å²) in [6.07, 6.45) is 7.76. The molecule has 4 aliphatic carbocycles. The fourth-order valence-corrected chi connectivity index (χ4v) is 5.62. The summed E-state index contributed by atoms with van der Waals surface area (Å²) in [4.78, 5) is 12.5. The quantitative estimate of drug-likeness (QED) is 0.919. The second-order valence-corrected chi connectivity index (χ2v) is 8.23. The molecule has 124 valence electrons. The van der Waals surface area contributed by atoms with Crippen molar-refractivity contribution < 1.29 is 9.53 Å². The first-order chi connectivity index (χ1) is 11.0. The fraction of sp³-hybridized carbons (Fsp3) is 0.650. The molecule has 1 aromatic carbocycles. The maximum Gasteiger partial charge on any atom is 0.258 e. The van der Waals surface area contributed by atoms with Crippen molar-refractivity contribution in [3.63, 3.8) is 0 Å². The molecule has 0 aromatic heterocycles. The smallest absolute Gasteiger partial charge is 0.258 e. The van der Waals surface area contributed by atoms with Gasteiger partial charge in [-0.2, -0.15) is 0 Å². The van der Waals surface area contributed by atoms with Crippen molar-refractivity contribution in [1.82, 2.24) is 5.32 Å². The van der Waals surface area contributed by atoms with Crippen molar-refractivity contribution in [2.45, 2.75) is 57.9 Å². The van der Waals surface area contributed by atoms with E-state index in [0.29, 0.717) is 0 Å². The van der Waals surface area contributed by atoms with Crippen LogP contribution in [0.1, 0.15) is 49.7 Å². The van der Waals surface area contributed by atoms with E-state index in [-0.39, 0.29) is 18.1 Å². The van der Waals surface area contributed by atoms with Gasteiger partial charge in [0.15, 0.2) is 6.61 Å². The van der Waals surface area contributed by atoms with Gasteiger partial charge in [-0.15, -0.1) is 0 Å². The Balaban J connectivity index is 1.38. The molecule has 5 rings (SSSR count). The minimum absolute atomic E-state index is 0.0489. The van der Waals surface area contributed by atoms with Crippen LogP contribution in [-0.4, -0.2) is 18.1 Å². The fourth-order valence-electron chi connectivity index (χ4n) is 5.62. The van der Waals surface area contributed by atoms with Crippen LogP contribution in [-0.2, 0) is 4.79 Å². The summed E-state index contributed by atoms with van der Waals surface area (Å²) in [7, 11) is 0. The minimum Gasteiger partial charge on any atom is -0.483 e. The van der Waals surface area contributed by atoms with Gasteiger partial charge in [0, 0.05) is 5.54 Å². The summed E-state index contributed by atoms with van der Waals surface area (Å²) in [5.41, 5.74) is 2.40. The molecule has 0 heterocycles. The zero-order chi connectivity index (χ0) is 16.0. The molecule has 4 aliphatic rings. The molecule has 4 saturated carbocycles. The van der Waals surface area contributed by atoms with Gasteiger partial charge in [-0.3, -0.25) is 4.79 Å². The molecule has 1 aromatic rings. The normalized spacial score (nSPS) is 34.4. The molecule has 4 bridgehead atoms. The summed E-state index contributed by atoms with van der Waals surface area (Å²) in [5, 5.41) is 3.36. The average molecular weight is 313 g/mol. The highest BCUT2D eigenvalue weighted by Crippen LogP contribution is 2.55. The number of nitrogens with one attached hydrogen (secondary N) is 1. The van der Waals surface area contributed by atoms with Crippen LogP contribution in [0.3, 0.4) is 0 Å². The summed E-state index contributed by atoms with van der Waals surface area (Å²) >= 11 is 0. The first kappa shape index (κ1) is 15.0. The van der Waals surface area contributed by atoms with Crippen molar-refractivity contribution in [3.8, 4) is 5.75 Å². The lowest BCUT2D eigenvalue weighted by atomic mass is 9.53. The van der Waals surface area contributed by atoms with Crippen LogP contribution in [0.4, 0.5) is 0 Å². The highest BCUT2D eigenvalue weighted by molar-refractivity contribution is 5.78. The lowest BCUT2D eigenvalue weighted by Gasteiger charge is -2.56. The molecular weight excluding hydrogens is 286 g/mol. The first-order valence-electron chi connectivity index (χ1n) is 9.03. The standard InChI is InChI=1S/C20H27NO2/c1-13-4-3-5-18(14(13)2)23-12-19(22)21-20-9-15-6-16(10-20)8-17(7-15)11-20/h3-5,15-17H,6-12H2,1-2H3,(H,21,22). The first-order valence-corrected chi connectivity index (χ1v) is 9.03. The number of hydrogen-bond acceptors (Lipinski definition) is 2. The molecule has 0 spiro atoms. The Labute approximate surface area is 138 Å². The van der Waals surface area contributed by atoms with Gasteiger partial charge in [-0.05, 0) is 87.3 Å². The summed E-state index contributed by atoms with van der Waals surface area (Å²) in [6.45, 7) is 4.24. The maximum absolute atomic E-state index is 12.5. The van der Waals surface area contributed by atoms with E-state index in [4.69, 9.17) is 4.74 Å². The SMILES string of the molecule is Cc1cccc(OCC(=O)NC23CC4CC(CC(C4)C2)C3)c1C. The number of amides is 1. The van der Waals surface area contributed by atoms with Crippen LogP contribution < -0.4 is 10.1 Å². The predicted octanol–water partition coefficient (Wildman–Crippen LogP) is 3.77. The van der Waals surface area contributed by atoms with Gasteiger partial charge in [0.05, 0.1) is 0 Å². The largest absolute Gasteiger partial charge is 0.483 e. The molecule has 0 radical (unpaired) electrons. The van der Waals surface area contributed by atoms with Crippen molar-refractivity contribution in [3.05, 3.63) is 29.3 Å². The number of hydrogen-bond donors (Lipinski definition) is 1. The number of carbonyl (C=O) groups is 1. The van der Waals surface area contributed by atoms with Gasteiger partial charge in [0.2, 0.25) is 0 Å². The third-order valence-corrected chi connectivity index (χ3v) is 6.36.